The lowest BCUT2D eigenvalue weighted by molar-refractivity contribution is -0.386. The monoisotopic (exact) mass is 275 g/mol. The predicted octanol–water partition coefficient (Wildman–Crippen LogP) is 1.96. The Labute approximate surface area is 113 Å². The van der Waals surface area contributed by atoms with E-state index < -0.39 is 10.9 Å². The van der Waals surface area contributed by atoms with Crippen LogP contribution in [-0.2, 0) is 4.74 Å². The summed E-state index contributed by atoms with van der Waals surface area (Å²) in [5.74, 6) is -0.386. The lowest BCUT2D eigenvalue weighted by atomic mass is 10.3. The van der Waals surface area contributed by atoms with Gasteiger partial charge in [-0.05, 0) is 6.07 Å². The highest BCUT2D eigenvalue weighted by Crippen LogP contribution is 2.29. The van der Waals surface area contributed by atoms with Crippen molar-refractivity contribution in [2.45, 2.75) is 0 Å². The molecule has 2 heterocycles. The van der Waals surface area contributed by atoms with Gasteiger partial charge in [-0.25, -0.2) is 4.79 Å². The first kappa shape index (κ1) is 13.4. The number of hydrogen-bond acceptors (Lipinski definition) is 7. The summed E-state index contributed by atoms with van der Waals surface area (Å²) in [6.07, 6.45) is 5.07. The molecule has 0 radical (unpaired) electrons. The fourth-order valence-electron chi connectivity index (χ4n) is 1.43. The number of aromatic nitrogens is 2. The number of nitrogens with zero attached hydrogens (tertiary/aromatic N) is 3. The van der Waals surface area contributed by atoms with Crippen LogP contribution in [0.25, 0.3) is 0 Å². The van der Waals surface area contributed by atoms with Crippen LogP contribution in [0.3, 0.4) is 0 Å². The summed E-state index contributed by atoms with van der Waals surface area (Å²) in [6.45, 7) is 0. The maximum atomic E-state index is 11.4. The van der Waals surface area contributed by atoms with Crippen molar-refractivity contribution in [3.8, 4) is 11.5 Å². The average molecular weight is 275 g/mol. The van der Waals surface area contributed by atoms with Gasteiger partial charge in [0.05, 0.1) is 23.8 Å². The molecule has 102 valence electrons. The molecule has 0 spiro atoms. The summed E-state index contributed by atoms with van der Waals surface area (Å²) in [5.41, 5.74) is -0.0994. The van der Waals surface area contributed by atoms with Gasteiger partial charge >= 0.3 is 11.7 Å². The van der Waals surface area contributed by atoms with Crippen LogP contribution in [-0.4, -0.2) is 28.0 Å². The van der Waals surface area contributed by atoms with Crippen LogP contribution in [0.4, 0.5) is 5.69 Å². The topological polar surface area (TPSA) is 104 Å². The smallest absolute Gasteiger partial charge is 0.339 e. The molecule has 0 saturated carbocycles. The summed E-state index contributed by atoms with van der Waals surface area (Å²) >= 11 is 0. The van der Waals surface area contributed by atoms with Gasteiger partial charge in [0.25, 0.3) is 0 Å². The Morgan fingerprint density at radius 2 is 2.10 bits per heavy atom. The van der Waals surface area contributed by atoms with Gasteiger partial charge in [-0.1, -0.05) is 0 Å². The lowest BCUT2D eigenvalue weighted by Gasteiger charge is -2.06. The van der Waals surface area contributed by atoms with E-state index in [0.29, 0.717) is 0 Å². The van der Waals surface area contributed by atoms with Crippen LogP contribution in [0, 0.1) is 10.1 Å². The molecule has 0 unspecified atom stereocenters. The van der Waals surface area contributed by atoms with Gasteiger partial charge in [0.2, 0.25) is 5.75 Å². The van der Waals surface area contributed by atoms with Crippen LogP contribution in [0.2, 0.25) is 0 Å². The van der Waals surface area contributed by atoms with Gasteiger partial charge in [-0.2, -0.15) is 0 Å². The lowest BCUT2D eigenvalue weighted by Crippen LogP contribution is -2.02. The van der Waals surface area contributed by atoms with Crippen LogP contribution in [0.5, 0.6) is 11.5 Å². The van der Waals surface area contributed by atoms with Crippen molar-refractivity contribution >= 4 is 11.7 Å². The van der Waals surface area contributed by atoms with Crippen LogP contribution < -0.4 is 4.74 Å². The molecule has 8 heteroatoms. The Balaban J connectivity index is 2.31. The number of pyridine rings is 2. The third kappa shape index (κ3) is 2.86. The van der Waals surface area contributed by atoms with E-state index in [9.17, 15) is 14.9 Å². The summed E-state index contributed by atoms with van der Waals surface area (Å²) in [5, 5.41) is 10.8. The molecule has 2 aromatic rings. The van der Waals surface area contributed by atoms with Crippen molar-refractivity contribution in [1.29, 1.82) is 0 Å². The van der Waals surface area contributed by atoms with Crippen molar-refractivity contribution in [1.82, 2.24) is 9.97 Å². The zero-order valence-electron chi connectivity index (χ0n) is 10.3. The maximum Gasteiger partial charge on any atom is 0.339 e. The van der Waals surface area contributed by atoms with Crippen molar-refractivity contribution in [2.75, 3.05) is 7.11 Å². The number of rotatable bonds is 4. The zero-order chi connectivity index (χ0) is 14.5. The average Bonchev–Trinajstić information content (AvgIpc) is 2.47. The first-order valence-corrected chi connectivity index (χ1v) is 5.41. The second-order valence-corrected chi connectivity index (χ2v) is 3.60. The number of hydrogen-bond donors (Lipinski definition) is 0. The molecular weight excluding hydrogens is 266 g/mol. The van der Waals surface area contributed by atoms with Gasteiger partial charge in [-0.15, -0.1) is 0 Å². The maximum absolute atomic E-state index is 11.4. The van der Waals surface area contributed by atoms with Gasteiger partial charge in [0.15, 0.2) is 0 Å². The molecule has 0 aliphatic heterocycles. The Morgan fingerprint density at radius 1 is 1.30 bits per heavy atom. The first-order chi connectivity index (χ1) is 9.61. The molecule has 0 bridgehead atoms. The number of nitro groups is 1. The molecule has 0 aliphatic carbocycles. The van der Waals surface area contributed by atoms with Crippen LogP contribution in [0.15, 0.2) is 36.9 Å². The number of esters is 1. The van der Waals surface area contributed by atoms with Crippen molar-refractivity contribution in [3.63, 3.8) is 0 Å². The van der Waals surface area contributed by atoms with Crippen molar-refractivity contribution in [3.05, 3.63) is 52.6 Å². The molecule has 2 rings (SSSR count). The molecule has 0 aromatic carbocycles. The van der Waals surface area contributed by atoms with Crippen LogP contribution in [0.1, 0.15) is 10.4 Å². The number of carbonyl (C=O) groups excluding carboxylic acids is 1. The number of carbonyl (C=O) groups is 1. The normalized spacial score (nSPS) is 9.85. The number of methoxy groups -OCH3 is 1. The molecule has 2 aromatic heterocycles. The predicted molar refractivity (Wildman–Crippen MR) is 66.5 cm³/mol. The minimum absolute atomic E-state index is 0.00816. The Bertz CT molecular complexity index is 659. The van der Waals surface area contributed by atoms with Gasteiger partial charge in [-0.3, -0.25) is 20.1 Å². The largest absolute Gasteiger partial charge is 0.465 e. The molecule has 20 heavy (non-hydrogen) atoms. The Morgan fingerprint density at radius 3 is 2.80 bits per heavy atom. The van der Waals surface area contributed by atoms with E-state index in [1.165, 1.54) is 37.8 Å². The molecule has 0 amide bonds. The van der Waals surface area contributed by atoms with E-state index in [1.54, 1.807) is 0 Å². The molecule has 8 nitrogen and oxygen atoms in total. The summed E-state index contributed by atoms with van der Waals surface area (Å²) in [7, 11) is 1.24. The number of ether oxygens (including phenoxy) is 2. The van der Waals surface area contributed by atoms with Gasteiger partial charge in [0.1, 0.15) is 11.9 Å². The second kappa shape index (κ2) is 5.74. The third-order valence-electron chi connectivity index (χ3n) is 2.32. The highest BCUT2D eigenvalue weighted by Gasteiger charge is 2.16. The summed E-state index contributed by atoms with van der Waals surface area (Å²) in [4.78, 5) is 29.0. The van der Waals surface area contributed by atoms with Crippen LogP contribution >= 0.6 is 0 Å². The SMILES string of the molecule is COC(=O)c1cncc(Oc2ccncc2[N+](=O)[O-])c1. The minimum Gasteiger partial charge on any atom is -0.465 e. The second-order valence-electron chi connectivity index (χ2n) is 3.60. The van der Waals surface area contributed by atoms with Gasteiger partial charge < -0.3 is 9.47 Å². The highest BCUT2D eigenvalue weighted by atomic mass is 16.6. The molecule has 0 aliphatic rings. The van der Waals surface area contributed by atoms with Crippen molar-refractivity contribution < 1.29 is 19.2 Å². The molecular formula is C12H9N3O5. The fraction of sp³-hybridized carbons (Fsp3) is 0.0833. The Kier molecular flexibility index (Phi) is 3.85. The van der Waals surface area contributed by atoms with E-state index in [0.717, 1.165) is 6.20 Å². The zero-order valence-corrected chi connectivity index (χ0v) is 10.3. The van der Waals surface area contributed by atoms with E-state index in [1.807, 2.05) is 0 Å². The fourth-order valence-corrected chi connectivity index (χ4v) is 1.43. The van der Waals surface area contributed by atoms with Gasteiger partial charge in [0, 0.05) is 18.5 Å². The summed E-state index contributed by atoms with van der Waals surface area (Å²) in [6, 6.07) is 2.73. The summed E-state index contributed by atoms with van der Waals surface area (Å²) < 4.78 is 9.90. The molecule has 0 N–H and O–H groups in total. The van der Waals surface area contributed by atoms with E-state index >= 15 is 0 Å². The Hall–Kier alpha value is -3.03. The molecule has 0 saturated heterocycles. The van der Waals surface area contributed by atoms with E-state index in [2.05, 4.69) is 14.7 Å². The van der Waals surface area contributed by atoms with E-state index in [-0.39, 0.29) is 22.7 Å². The molecule has 0 atom stereocenters. The van der Waals surface area contributed by atoms with Crippen molar-refractivity contribution in [2.24, 2.45) is 0 Å². The first-order valence-electron chi connectivity index (χ1n) is 5.41. The van der Waals surface area contributed by atoms with E-state index in [4.69, 9.17) is 4.74 Å². The highest BCUT2D eigenvalue weighted by molar-refractivity contribution is 5.89. The molecule has 0 fully saturated rings. The standard InChI is InChI=1S/C12H9N3O5/c1-19-12(16)8-4-9(6-14-5-8)20-11-2-3-13-7-10(11)15(17)18/h2-7H,1H3. The third-order valence-corrected chi connectivity index (χ3v) is 2.32. The quantitative estimate of drug-likeness (QED) is 0.477. The minimum atomic E-state index is -0.611.